The lowest BCUT2D eigenvalue weighted by Crippen LogP contribution is -2.33. The van der Waals surface area contributed by atoms with E-state index in [1.807, 2.05) is 22.8 Å². The fourth-order valence-corrected chi connectivity index (χ4v) is 4.09. The van der Waals surface area contributed by atoms with Crippen molar-refractivity contribution in [3.63, 3.8) is 0 Å². The summed E-state index contributed by atoms with van der Waals surface area (Å²) < 4.78 is 1.95. The van der Waals surface area contributed by atoms with Gasteiger partial charge in [0.15, 0.2) is 11.0 Å². The lowest BCUT2D eigenvalue weighted by molar-refractivity contribution is -0.140. The summed E-state index contributed by atoms with van der Waals surface area (Å²) >= 11 is 1.29. The standard InChI is InChI=1S/C21H21N5O2S/c1-14-5-6-17(12-15(14)2)26-20(16-7-9-22-10-8-16)23-24-21(26)29-13-19(28)25-11-3-4-18(25)27/h5-10,12H,3-4,11,13H2,1-2H3. The van der Waals surface area contributed by atoms with Crippen LogP contribution in [-0.2, 0) is 9.59 Å². The van der Waals surface area contributed by atoms with Gasteiger partial charge in [0.2, 0.25) is 11.8 Å². The lowest BCUT2D eigenvalue weighted by Gasteiger charge is -2.14. The molecule has 0 saturated carbocycles. The van der Waals surface area contributed by atoms with Crippen LogP contribution in [0.15, 0.2) is 47.9 Å². The Balaban J connectivity index is 1.68. The first-order valence-electron chi connectivity index (χ1n) is 9.44. The molecule has 148 valence electrons. The Morgan fingerprint density at radius 1 is 1.10 bits per heavy atom. The number of pyridine rings is 1. The molecule has 3 heterocycles. The van der Waals surface area contributed by atoms with Crippen LogP contribution in [0.5, 0.6) is 0 Å². The van der Waals surface area contributed by atoms with Crippen molar-refractivity contribution in [1.82, 2.24) is 24.6 Å². The maximum atomic E-state index is 12.5. The number of thioether (sulfide) groups is 1. The molecule has 0 atom stereocenters. The van der Waals surface area contributed by atoms with E-state index in [1.165, 1.54) is 22.2 Å². The van der Waals surface area contributed by atoms with Gasteiger partial charge in [-0.3, -0.25) is 24.0 Å². The van der Waals surface area contributed by atoms with Crippen molar-refractivity contribution in [2.75, 3.05) is 12.3 Å². The lowest BCUT2D eigenvalue weighted by atomic mass is 10.1. The van der Waals surface area contributed by atoms with Gasteiger partial charge in [0, 0.05) is 30.9 Å². The molecule has 3 aromatic rings. The highest BCUT2D eigenvalue weighted by Crippen LogP contribution is 2.29. The zero-order valence-electron chi connectivity index (χ0n) is 16.3. The summed E-state index contributed by atoms with van der Waals surface area (Å²) in [5.41, 5.74) is 4.17. The molecule has 1 saturated heterocycles. The van der Waals surface area contributed by atoms with E-state index in [4.69, 9.17) is 0 Å². The molecule has 2 aromatic heterocycles. The number of amides is 2. The average molecular weight is 407 g/mol. The average Bonchev–Trinajstić information content (AvgIpc) is 3.35. The van der Waals surface area contributed by atoms with Crippen LogP contribution in [0.2, 0.25) is 0 Å². The second kappa shape index (κ2) is 8.16. The van der Waals surface area contributed by atoms with Gasteiger partial charge >= 0.3 is 0 Å². The first-order chi connectivity index (χ1) is 14.0. The molecule has 1 fully saturated rings. The first kappa shape index (κ1) is 19.3. The number of benzene rings is 1. The van der Waals surface area contributed by atoms with Crippen molar-refractivity contribution in [2.45, 2.75) is 31.8 Å². The summed E-state index contributed by atoms with van der Waals surface area (Å²) in [7, 11) is 0. The number of carbonyl (C=O) groups excluding carboxylic acids is 2. The van der Waals surface area contributed by atoms with Crippen molar-refractivity contribution in [3.8, 4) is 17.1 Å². The predicted molar refractivity (Wildman–Crippen MR) is 111 cm³/mol. The minimum atomic E-state index is -0.183. The molecule has 0 unspecified atom stereocenters. The number of carbonyl (C=O) groups is 2. The van der Waals surface area contributed by atoms with Crippen LogP contribution in [0.4, 0.5) is 0 Å². The normalized spacial score (nSPS) is 13.9. The van der Waals surface area contributed by atoms with Crippen LogP contribution in [-0.4, -0.2) is 48.8 Å². The Morgan fingerprint density at radius 2 is 1.90 bits per heavy atom. The third-order valence-corrected chi connectivity index (χ3v) is 5.93. The van der Waals surface area contributed by atoms with Crippen LogP contribution < -0.4 is 0 Å². The topological polar surface area (TPSA) is 81.0 Å². The second-order valence-electron chi connectivity index (χ2n) is 6.98. The van der Waals surface area contributed by atoms with Crippen LogP contribution in [0.25, 0.3) is 17.1 Å². The van der Waals surface area contributed by atoms with Gasteiger partial charge in [0.1, 0.15) is 0 Å². The zero-order chi connectivity index (χ0) is 20.4. The van der Waals surface area contributed by atoms with Gasteiger partial charge in [-0.25, -0.2) is 0 Å². The molecule has 0 aliphatic carbocycles. The third kappa shape index (κ3) is 3.93. The van der Waals surface area contributed by atoms with Crippen LogP contribution in [0.1, 0.15) is 24.0 Å². The van der Waals surface area contributed by atoms with E-state index in [-0.39, 0.29) is 17.6 Å². The van der Waals surface area contributed by atoms with Crippen molar-refractivity contribution >= 4 is 23.6 Å². The van der Waals surface area contributed by atoms with E-state index < -0.39 is 0 Å². The molecular formula is C21H21N5O2S. The first-order valence-corrected chi connectivity index (χ1v) is 10.4. The Kier molecular flexibility index (Phi) is 5.44. The minimum absolute atomic E-state index is 0.0938. The Morgan fingerprint density at radius 3 is 2.59 bits per heavy atom. The Bertz CT molecular complexity index is 1060. The molecule has 0 spiro atoms. The number of hydrogen-bond acceptors (Lipinski definition) is 6. The summed E-state index contributed by atoms with van der Waals surface area (Å²) in [4.78, 5) is 29.7. The Labute approximate surface area is 173 Å². The second-order valence-corrected chi connectivity index (χ2v) is 7.92. The van der Waals surface area contributed by atoms with Gasteiger partial charge in [0.05, 0.1) is 11.4 Å². The number of hydrogen-bond donors (Lipinski definition) is 0. The van der Waals surface area contributed by atoms with E-state index in [0.29, 0.717) is 23.9 Å². The van der Waals surface area contributed by atoms with Gasteiger partial charge in [0.25, 0.3) is 0 Å². The number of nitrogens with zero attached hydrogens (tertiary/aromatic N) is 5. The molecule has 29 heavy (non-hydrogen) atoms. The summed E-state index contributed by atoms with van der Waals surface area (Å²) in [6.45, 7) is 4.63. The van der Waals surface area contributed by atoms with Crippen molar-refractivity contribution in [2.24, 2.45) is 0 Å². The SMILES string of the molecule is Cc1ccc(-n2c(SCC(=O)N3CCCC3=O)nnc2-c2ccncc2)cc1C. The number of aryl methyl sites for hydroxylation is 2. The van der Waals surface area contributed by atoms with E-state index >= 15 is 0 Å². The van der Waals surface area contributed by atoms with Crippen molar-refractivity contribution in [1.29, 1.82) is 0 Å². The smallest absolute Gasteiger partial charge is 0.239 e. The molecule has 1 aromatic carbocycles. The van der Waals surface area contributed by atoms with E-state index in [9.17, 15) is 9.59 Å². The number of rotatable bonds is 5. The highest BCUT2D eigenvalue weighted by molar-refractivity contribution is 7.99. The van der Waals surface area contributed by atoms with Gasteiger partial charge < -0.3 is 0 Å². The molecule has 8 heteroatoms. The molecular weight excluding hydrogens is 386 g/mol. The molecule has 4 rings (SSSR count). The fraction of sp³-hybridized carbons (Fsp3) is 0.286. The number of likely N-dealkylation sites (tertiary alicyclic amines) is 1. The van der Waals surface area contributed by atoms with Gasteiger partial charge in [-0.1, -0.05) is 17.8 Å². The molecule has 0 bridgehead atoms. The molecule has 7 nitrogen and oxygen atoms in total. The van der Waals surface area contributed by atoms with Crippen LogP contribution in [0.3, 0.4) is 0 Å². The third-order valence-electron chi connectivity index (χ3n) is 5.02. The largest absolute Gasteiger partial charge is 0.282 e. The monoisotopic (exact) mass is 407 g/mol. The maximum absolute atomic E-state index is 12.5. The highest BCUT2D eigenvalue weighted by atomic mass is 32.2. The fourth-order valence-electron chi connectivity index (χ4n) is 3.26. The van der Waals surface area contributed by atoms with Gasteiger partial charge in [-0.2, -0.15) is 0 Å². The predicted octanol–water partition coefficient (Wildman–Crippen LogP) is 3.19. The summed E-state index contributed by atoms with van der Waals surface area (Å²) in [6.07, 6.45) is 4.61. The molecule has 1 aliphatic heterocycles. The number of aromatic nitrogens is 4. The van der Waals surface area contributed by atoms with E-state index in [2.05, 4.69) is 41.2 Å². The zero-order valence-corrected chi connectivity index (χ0v) is 17.1. The maximum Gasteiger partial charge on any atom is 0.239 e. The highest BCUT2D eigenvalue weighted by Gasteiger charge is 2.27. The number of imide groups is 1. The van der Waals surface area contributed by atoms with Crippen LogP contribution >= 0.6 is 11.8 Å². The summed E-state index contributed by atoms with van der Waals surface area (Å²) in [5, 5.41) is 9.33. The minimum Gasteiger partial charge on any atom is -0.282 e. The van der Waals surface area contributed by atoms with E-state index in [0.717, 1.165) is 23.2 Å². The molecule has 0 N–H and O–H groups in total. The quantitative estimate of drug-likeness (QED) is 0.604. The summed E-state index contributed by atoms with van der Waals surface area (Å²) in [5.74, 6) is 0.551. The molecule has 1 aliphatic rings. The van der Waals surface area contributed by atoms with Crippen LogP contribution in [0, 0.1) is 13.8 Å². The van der Waals surface area contributed by atoms with Gasteiger partial charge in [-0.05, 0) is 55.7 Å². The van der Waals surface area contributed by atoms with Gasteiger partial charge in [-0.15, -0.1) is 10.2 Å². The van der Waals surface area contributed by atoms with E-state index in [1.54, 1.807) is 12.4 Å². The summed E-state index contributed by atoms with van der Waals surface area (Å²) in [6, 6.07) is 9.92. The van der Waals surface area contributed by atoms with Crippen molar-refractivity contribution < 1.29 is 9.59 Å². The molecule has 2 amide bonds. The Hall–Kier alpha value is -3.00. The molecule has 0 radical (unpaired) electrons. The van der Waals surface area contributed by atoms with Crippen molar-refractivity contribution in [3.05, 3.63) is 53.9 Å².